The van der Waals surface area contributed by atoms with Gasteiger partial charge in [-0.05, 0) is 55.4 Å². The topological polar surface area (TPSA) is 61.9 Å². The second kappa shape index (κ2) is 9.52. The molecule has 7 heteroatoms. The van der Waals surface area contributed by atoms with E-state index < -0.39 is 6.04 Å². The third-order valence-electron chi connectivity index (χ3n) is 4.90. The van der Waals surface area contributed by atoms with Crippen LogP contribution in [-0.2, 0) is 16.0 Å². The summed E-state index contributed by atoms with van der Waals surface area (Å²) in [4.78, 5) is 28.8. The van der Waals surface area contributed by atoms with E-state index in [0.717, 1.165) is 11.3 Å². The van der Waals surface area contributed by atoms with E-state index in [0.29, 0.717) is 30.3 Å². The average molecular weight is 412 g/mol. The number of nitrogens with one attached hydrogen (secondary N) is 1. The highest BCUT2D eigenvalue weighted by atomic mass is 32.1. The number of amides is 2. The molecule has 0 aromatic heterocycles. The molecule has 0 saturated carbocycles. The predicted molar refractivity (Wildman–Crippen MR) is 117 cm³/mol. The molecule has 6 nitrogen and oxygen atoms in total. The van der Waals surface area contributed by atoms with Crippen LogP contribution in [0.1, 0.15) is 18.9 Å². The van der Waals surface area contributed by atoms with Crippen molar-refractivity contribution in [3.05, 3.63) is 60.2 Å². The largest absolute Gasteiger partial charge is 0.497 e. The zero-order valence-electron chi connectivity index (χ0n) is 16.6. The monoisotopic (exact) mass is 411 g/mol. The summed E-state index contributed by atoms with van der Waals surface area (Å²) in [5.41, 5.74) is 1.70. The lowest BCUT2D eigenvalue weighted by atomic mass is 10.1. The van der Waals surface area contributed by atoms with Gasteiger partial charge in [0.1, 0.15) is 11.8 Å². The number of carbonyl (C=O) groups excluding carboxylic acids is 2. The van der Waals surface area contributed by atoms with Crippen molar-refractivity contribution >= 4 is 34.8 Å². The maximum absolute atomic E-state index is 13.1. The van der Waals surface area contributed by atoms with Crippen LogP contribution >= 0.6 is 12.2 Å². The number of nitrogens with zero attached hydrogens (tertiary/aromatic N) is 2. The second-order valence-electron chi connectivity index (χ2n) is 6.75. The van der Waals surface area contributed by atoms with Gasteiger partial charge in [0.2, 0.25) is 5.91 Å². The predicted octanol–water partition coefficient (Wildman–Crippen LogP) is 2.77. The molecule has 0 aliphatic carbocycles. The molecule has 0 bridgehead atoms. The highest BCUT2D eigenvalue weighted by Crippen LogP contribution is 2.26. The molecule has 1 saturated heterocycles. The normalized spacial score (nSPS) is 16.1. The lowest BCUT2D eigenvalue weighted by Gasteiger charge is -2.30. The molecule has 3 rings (SSSR count). The molecule has 1 atom stereocenters. The highest BCUT2D eigenvalue weighted by Gasteiger charge is 2.43. The first kappa shape index (κ1) is 20.8. The molecule has 0 spiro atoms. The number of carbonyl (C=O) groups is 2. The molecule has 2 aromatic carbocycles. The van der Waals surface area contributed by atoms with Crippen LogP contribution in [0.4, 0.5) is 5.69 Å². The maximum atomic E-state index is 13.1. The Labute approximate surface area is 176 Å². The van der Waals surface area contributed by atoms with E-state index in [2.05, 4.69) is 5.32 Å². The summed E-state index contributed by atoms with van der Waals surface area (Å²) in [6.07, 6.45) is 0.806. The van der Waals surface area contributed by atoms with Gasteiger partial charge in [-0.2, -0.15) is 0 Å². The molecule has 1 N–H and O–H groups in total. The molecular formula is C22H25N3O3S. The summed E-state index contributed by atoms with van der Waals surface area (Å²) in [5.74, 6) is 0.347. The number of ether oxygens (including phenoxy) is 1. The molecule has 1 heterocycles. The van der Waals surface area contributed by atoms with Crippen LogP contribution in [0.25, 0.3) is 0 Å². The van der Waals surface area contributed by atoms with E-state index in [4.69, 9.17) is 17.0 Å². The van der Waals surface area contributed by atoms with Gasteiger partial charge in [-0.1, -0.05) is 30.3 Å². The van der Waals surface area contributed by atoms with Crippen LogP contribution in [0, 0.1) is 0 Å². The van der Waals surface area contributed by atoms with Crippen molar-refractivity contribution in [2.24, 2.45) is 0 Å². The zero-order valence-corrected chi connectivity index (χ0v) is 17.4. The standard InChI is InChI=1S/C22H25N3O3S/c1-3-23-22(29)24(14-13-16-9-11-18(28-2)12-10-16)19-15-20(26)25(21(19)27)17-7-5-4-6-8-17/h4-12,19H,3,13-15H2,1-2H3,(H,23,29)/t19-/m0/s1. The van der Waals surface area contributed by atoms with Crippen molar-refractivity contribution in [3.63, 3.8) is 0 Å². The zero-order chi connectivity index (χ0) is 20.8. The van der Waals surface area contributed by atoms with E-state index in [1.807, 2.05) is 54.3 Å². The first-order chi connectivity index (χ1) is 14.0. The molecule has 29 heavy (non-hydrogen) atoms. The van der Waals surface area contributed by atoms with E-state index in [1.165, 1.54) is 4.90 Å². The van der Waals surface area contributed by atoms with E-state index in [-0.39, 0.29) is 18.2 Å². The van der Waals surface area contributed by atoms with Crippen LogP contribution in [0.3, 0.4) is 0 Å². The Kier molecular flexibility index (Phi) is 6.82. The van der Waals surface area contributed by atoms with Crippen LogP contribution in [0.2, 0.25) is 0 Å². The molecule has 1 aliphatic heterocycles. The summed E-state index contributed by atoms with van der Waals surface area (Å²) in [6.45, 7) is 3.13. The summed E-state index contributed by atoms with van der Waals surface area (Å²) in [6, 6.07) is 16.2. The number of imide groups is 1. The van der Waals surface area contributed by atoms with Crippen LogP contribution in [-0.4, -0.2) is 48.1 Å². The Morgan fingerprint density at radius 2 is 1.86 bits per heavy atom. The van der Waals surface area contributed by atoms with Crippen molar-refractivity contribution in [1.29, 1.82) is 0 Å². The second-order valence-corrected chi connectivity index (χ2v) is 7.14. The minimum absolute atomic E-state index is 0.113. The van der Waals surface area contributed by atoms with Gasteiger partial charge >= 0.3 is 0 Å². The minimum atomic E-state index is -0.604. The lowest BCUT2D eigenvalue weighted by molar-refractivity contribution is -0.122. The van der Waals surface area contributed by atoms with Crippen molar-refractivity contribution < 1.29 is 14.3 Å². The Hall–Kier alpha value is -2.93. The van der Waals surface area contributed by atoms with E-state index in [9.17, 15) is 9.59 Å². The molecular weight excluding hydrogens is 386 g/mol. The Morgan fingerprint density at radius 1 is 1.17 bits per heavy atom. The summed E-state index contributed by atoms with van der Waals surface area (Å²) >= 11 is 5.53. The molecule has 1 aliphatic rings. The number of anilines is 1. The SMILES string of the molecule is CCNC(=S)N(CCc1ccc(OC)cc1)[C@H]1CC(=O)N(c2ccccc2)C1=O. The van der Waals surface area contributed by atoms with Crippen molar-refractivity contribution in [2.75, 3.05) is 25.1 Å². The highest BCUT2D eigenvalue weighted by molar-refractivity contribution is 7.80. The summed E-state index contributed by atoms with van der Waals surface area (Å²) in [7, 11) is 1.63. The quantitative estimate of drug-likeness (QED) is 0.558. The minimum Gasteiger partial charge on any atom is -0.497 e. The Morgan fingerprint density at radius 3 is 2.48 bits per heavy atom. The first-order valence-electron chi connectivity index (χ1n) is 9.64. The summed E-state index contributed by atoms with van der Waals surface area (Å²) in [5, 5.41) is 3.61. The number of methoxy groups -OCH3 is 1. The van der Waals surface area contributed by atoms with Gasteiger partial charge in [0.25, 0.3) is 5.91 Å². The molecule has 2 aromatic rings. The van der Waals surface area contributed by atoms with Gasteiger partial charge in [-0.25, -0.2) is 4.90 Å². The molecule has 152 valence electrons. The third-order valence-corrected chi connectivity index (χ3v) is 5.28. The van der Waals surface area contributed by atoms with Crippen molar-refractivity contribution in [1.82, 2.24) is 10.2 Å². The molecule has 0 radical (unpaired) electrons. The van der Waals surface area contributed by atoms with E-state index >= 15 is 0 Å². The third kappa shape index (κ3) is 4.74. The van der Waals surface area contributed by atoms with Crippen LogP contribution in [0.15, 0.2) is 54.6 Å². The number of para-hydroxylation sites is 1. The smallest absolute Gasteiger partial charge is 0.257 e. The maximum Gasteiger partial charge on any atom is 0.257 e. The number of thiocarbonyl (C=S) groups is 1. The van der Waals surface area contributed by atoms with Crippen LogP contribution < -0.4 is 15.0 Å². The van der Waals surface area contributed by atoms with Crippen molar-refractivity contribution in [2.45, 2.75) is 25.8 Å². The lowest BCUT2D eigenvalue weighted by Crippen LogP contribution is -2.50. The van der Waals surface area contributed by atoms with Gasteiger partial charge < -0.3 is 15.0 Å². The molecule has 1 fully saturated rings. The van der Waals surface area contributed by atoms with Gasteiger partial charge in [-0.15, -0.1) is 0 Å². The molecule has 2 amide bonds. The fourth-order valence-corrected chi connectivity index (χ4v) is 3.76. The fourth-order valence-electron chi connectivity index (χ4n) is 3.40. The Bertz CT molecular complexity index is 871. The summed E-state index contributed by atoms with van der Waals surface area (Å²) < 4.78 is 5.20. The number of rotatable bonds is 7. The number of hydrogen-bond donors (Lipinski definition) is 1. The average Bonchev–Trinajstić information content (AvgIpc) is 3.03. The number of hydrogen-bond acceptors (Lipinski definition) is 4. The Balaban J connectivity index is 1.78. The van der Waals surface area contributed by atoms with Gasteiger partial charge in [0.05, 0.1) is 19.2 Å². The van der Waals surface area contributed by atoms with Gasteiger partial charge in [-0.3, -0.25) is 9.59 Å². The van der Waals surface area contributed by atoms with E-state index in [1.54, 1.807) is 19.2 Å². The first-order valence-corrected chi connectivity index (χ1v) is 10.0. The van der Waals surface area contributed by atoms with Gasteiger partial charge in [0, 0.05) is 13.1 Å². The number of benzene rings is 2. The van der Waals surface area contributed by atoms with Gasteiger partial charge in [0.15, 0.2) is 5.11 Å². The fraction of sp³-hybridized carbons (Fsp3) is 0.318. The van der Waals surface area contributed by atoms with Crippen LogP contribution in [0.5, 0.6) is 5.75 Å². The van der Waals surface area contributed by atoms with Crippen molar-refractivity contribution in [3.8, 4) is 5.75 Å². The molecule has 0 unspecified atom stereocenters.